The number of hydrogen-bond donors (Lipinski definition) is 9. The van der Waals surface area contributed by atoms with Crippen LogP contribution in [0.4, 0.5) is 0 Å². The van der Waals surface area contributed by atoms with E-state index in [-0.39, 0.29) is 5.56 Å². The van der Waals surface area contributed by atoms with Crippen LogP contribution < -0.4 is 0 Å². The number of rotatable bonds is 5. The SMILES string of the molecule is O=C(OC[C@H]1O[C@@H](OC(=O)c2cc(O)c(O)c(O)c2)[C@H](O)[C@@H](O)[C@H]1O)c1cc(O)c(O)c(O)c1. The van der Waals surface area contributed by atoms with Crippen molar-refractivity contribution in [2.24, 2.45) is 0 Å². The van der Waals surface area contributed by atoms with Gasteiger partial charge in [-0.3, -0.25) is 0 Å². The van der Waals surface area contributed by atoms with E-state index in [2.05, 4.69) is 0 Å². The van der Waals surface area contributed by atoms with E-state index in [4.69, 9.17) is 14.2 Å². The molecule has 0 amide bonds. The fourth-order valence-corrected chi connectivity index (χ4v) is 3.01. The summed E-state index contributed by atoms with van der Waals surface area (Å²) in [5.41, 5.74) is -0.840. The molecule has 2 aromatic rings. The first-order chi connectivity index (χ1) is 15.9. The molecule has 0 radical (unpaired) electrons. The van der Waals surface area contributed by atoms with Gasteiger partial charge in [-0.05, 0) is 24.3 Å². The molecule has 0 aliphatic carbocycles. The molecule has 9 N–H and O–H groups in total. The molecule has 0 spiro atoms. The summed E-state index contributed by atoms with van der Waals surface area (Å²) in [4.78, 5) is 24.5. The predicted molar refractivity (Wildman–Crippen MR) is 105 cm³/mol. The molecule has 0 bridgehead atoms. The molecule has 0 unspecified atom stereocenters. The largest absolute Gasteiger partial charge is 0.504 e. The van der Waals surface area contributed by atoms with Crippen molar-refractivity contribution in [2.45, 2.75) is 30.7 Å². The van der Waals surface area contributed by atoms with E-state index in [1.165, 1.54) is 0 Å². The number of benzene rings is 2. The number of carbonyl (C=O) groups excluding carboxylic acids is 2. The Hall–Kier alpha value is -3.98. The van der Waals surface area contributed by atoms with Crippen LogP contribution in [-0.4, -0.2) is 95.2 Å². The third kappa shape index (κ3) is 4.84. The molecular weight excluding hydrogens is 464 g/mol. The average molecular weight is 484 g/mol. The maximum Gasteiger partial charge on any atom is 0.340 e. The lowest BCUT2D eigenvalue weighted by Crippen LogP contribution is -2.59. The molecule has 1 saturated heterocycles. The van der Waals surface area contributed by atoms with Gasteiger partial charge in [0, 0.05) is 0 Å². The zero-order chi connectivity index (χ0) is 25.3. The number of esters is 2. The van der Waals surface area contributed by atoms with Crippen molar-refractivity contribution in [1.82, 2.24) is 0 Å². The maximum atomic E-state index is 12.3. The molecule has 1 aliphatic heterocycles. The second-order valence-corrected chi connectivity index (χ2v) is 7.24. The van der Waals surface area contributed by atoms with E-state index >= 15 is 0 Å². The van der Waals surface area contributed by atoms with Gasteiger partial charge in [0.25, 0.3) is 0 Å². The highest BCUT2D eigenvalue weighted by Crippen LogP contribution is 2.37. The lowest BCUT2D eigenvalue weighted by Gasteiger charge is -2.39. The summed E-state index contributed by atoms with van der Waals surface area (Å²) in [6.45, 7) is -0.749. The van der Waals surface area contributed by atoms with Gasteiger partial charge in [0.1, 0.15) is 31.0 Å². The van der Waals surface area contributed by atoms with Crippen LogP contribution in [0.3, 0.4) is 0 Å². The summed E-state index contributed by atoms with van der Waals surface area (Å²) in [6, 6.07) is 3.08. The number of aromatic hydroxyl groups is 6. The lowest BCUT2D eigenvalue weighted by atomic mass is 9.99. The van der Waals surface area contributed by atoms with Crippen LogP contribution >= 0.6 is 0 Å². The van der Waals surface area contributed by atoms with Crippen LogP contribution in [0.25, 0.3) is 0 Å². The van der Waals surface area contributed by atoms with Gasteiger partial charge in [-0.1, -0.05) is 0 Å². The first-order valence-corrected chi connectivity index (χ1v) is 9.48. The molecular formula is C20H20O14. The second kappa shape index (κ2) is 9.48. The Morgan fingerprint density at radius 2 is 1.15 bits per heavy atom. The van der Waals surface area contributed by atoms with Crippen LogP contribution in [-0.2, 0) is 14.2 Å². The van der Waals surface area contributed by atoms with Gasteiger partial charge in [-0.15, -0.1) is 0 Å². The second-order valence-electron chi connectivity index (χ2n) is 7.24. The number of carbonyl (C=O) groups is 2. The third-order valence-corrected chi connectivity index (χ3v) is 4.88. The standard InChI is InChI=1S/C20H20O14/c21-8-1-6(2-9(22)13(8)25)18(30)32-5-12-15(27)16(28)17(29)20(33-12)34-19(31)7-3-10(23)14(26)11(24)4-7/h1-4,12,15-17,20-29H,5H2/t12-,15+,16+,17-,20+/m1/s1. The topological polar surface area (TPSA) is 244 Å². The van der Waals surface area contributed by atoms with Crippen LogP contribution in [0.2, 0.25) is 0 Å². The van der Waals surface area contributed by atoms with Crippen LogP contribution in [0.5, 0.6) is 34.5 Å². The lowest BCUT2D eigenvalue weighted by molar-refractivity contribution is -0.285. The minimum Gasteiger partial charge on any atom is -0.504 e. The predicted octanol–water partition coefficient (Wildman–Crippen LogP) is -1.26. The van der Waals surface area contributed by atoms with Crippen LogP contribution in [0, 0.1) is 0 Å². The number of aliphatic hydroxyl groups is 3. The van der Waals surface area contributed by atoms with E-state index in [1.54, 1.807) is 0 Å². The molecule has 2 aromatic carbocycles. The van der Waals surface area contributed by atoms with Crippen molar-refractivity contribution >= 4 is 11.9 Å². The van der Waals surface area contributed by atoms with Crippen LogP contribution in [0.1, 0.15) is 20.7 Å². The molecule has 14 heteroatoms. The van der Waals surface area contributed by atoms with Gasteiger partial charge < -0.3 is 60.2 Å². The highest BCUT2D eigenvalue weighted by molar-refractivity contribution is 5.91. The van der Waals surface area contributed by atoms with Crippen molar-refractivity contribution in [2.75, 3.05) is 6.61 Å². The van der Waals surface area contributed by atoms with Crippen LogP contribution in [0.15, 0.2) is 24.3 Å². The molecule has 1 heterocycles. The molecule has 5 atom stereocenters. The Kier molecular flexibility index (Phi) is 6.88. The summed E-state index contributed by atoms with van der Waals surface area (Å²) in [7, 11) is 0. The van der Waals surface area contributed by atoms with E-state index in [9.17, 15) is 55.5 Å². The molecule has 14 nitrogen and oxygen atoms in total. The van der Waals surface area contributed by atoms with Crippen molar-refractivity contribution in [3.8, 4) is 34.5 Å². The summed E-state index contributed by atoms with van der Waals surface area (Å²) in [5.74, 6) is -7.45. The molecule has 184 valence electrons. The minimum atomic E-state index is -1.95. The highest BCUT2D eigenvalue weighted by Gasteiger charge is 2.46. The Balaban J connectivity index is 1.70. The number of aliphatic hydroxyl groups excluding tert-OH is 3. The smallest absolute Gasteiger partial charge is 0.340 e. The van der Waals surface area contributed by atoms with Crippen molar-refractivity contribution in [1.29, 1.82) is 0 Å². The number of phenolic OH excluding ortho intramolecular Hbond substituents is 6. The molecule has 1 aliphatic rings. The summed E-state index contributed by atoms with van der Waals surface area (Å²) >= 11 is 0. The Labute approximate surface area is 189 Å². The van der Waals surface area contributed by atoms with E-state index < -0.39 is 89.3 Å². The first kappa shape index (κ1) is 24.7. The number of phenols is 6. The summed E-state index contributed by atoms with van der Waals surface area (Å²) in [6.07, 6.45) is -9.09. The molecule has 0 saturated carbocycles. The van der Waals surface area contributed by atoms with E-state index in [0.29, 0.717) is 0 Å². The quantitative estimate of drug-likeness (QED) is 0.178. The molecule has 1 fully saturated rings. The molecule has 34 heavy (non-hydrogen) atoms. The minimum absolute atomic E-state index is 0.381. The Bertz CT molecular complexity index is 1050. The molecule has 3 rings (SSSR count). The first-order valence-electron chi connectivity index (χ1n) is 9.48. The fraction of sp³-hybridized carbons (Fsp3) is 0.300. The highest BCUT2D eigenvalue weighted by atomic mass is 16.7. The number of hydrogen-bond acceptors (Lipinski definition) is 14. The Morgan fingerprint density at radius 1 is 0.706 bits per heavy atom. The van der Waals surface area contributed by atoms with Crippen molar-refractivity contribution in [3.05, 3.63) is 35.4 Å². The van der Waals surface area contributed by atoms with Gasteiger partial charge in [0.2, 0.25) is 6.29 Å². The maximum absolute atomic E-state index is 12.3. The normalized spacial score (nSPS) is 24.4. The van der Waals surface area contributed by atoms with Gasteiger partial charge in [0.05, 0.1) is 11.1 Å². The van der Waals surface area contributed by atoms with Gasteiger partial charge in [-0.25, -0.2) is 9.59 Å². The monoisotopic (exact) mass is 484 g/mol. The third-order valence-electron chi connectivity index (χ3n) is 4.88. The zero-order valence-electron chi connectivity index (χ0n) is 17.0. The van der Waals surface area contributed by atoms with E-state index in [0.717, 1.165) is 24.3 Å². The van der Waals surface area contributed by atoms with Gasteiger partial charge in [0.15, 0.2) is 34.5 Å². The van der Waals surface area contributed by atoms with Crippen molar-refractivity contribution < 1.29 is 69.8 Å². The fourth-order valence-electron chi connectivity index (χ4n) is 3.01. The molecule has 0 aromatic heterocycles. The van der Waals surface area contributed by atoms with Crippen molar-refractivity contribution in [3.63, 3.8) is 0 Å². The van der Waals surface area contributed by atoms with E-state index in [1.807, 2.05) is 0 Å². The number of ether oxygens (including phenoxy) is 3. The zero-order valence-corrected chi connectivity index (χ0v) is 17.0. The average Bonchev–Trinajstić information content (AvgIpc) is 2.79. The van der Waals surface area contributed by atoms with Gasteiger partial charge >= 0.3 is 11.9 Å². The summed E-state index contributed by atoms with van der Waals surface area (Å²) in [5, 5.41) is 86.9. The van der Waals surface area contributed by atoms with Gasteiger partial charge in [-0.2, -0.15) is 0 Å². The summed E-state index contributed by atoms with van der Waals surface area (Å²) < 4.78 is 15.0. The Morgan fingerprint density at radius 3 is 1.62 bits per heavy atom.